The number of nitrogens with one attached hydrogen (secondary N) is 1. The zero-order valence-corrected chi connectivity index (χ0v) is 18.5. The minimum Gasteiger partial charge on any atom is -0.284 e. The highest BCUT2D eigenvalue weighted by Crippen LogP contribution is 2.41. The molecule has 1 saturated heterocycles. The van der Waals surface area contributed by atoms with Crippen LogP contribution < -0.4 is 10.4 Å². The van der Waals surface area contributed by atoms with Crippen LogP contribution in [0.4, 0.5) is 5.69 Å². The molecule has 2 heterocycles. The molecule has 0 spiro atoms. The first-order chi connectivity index (χ1) is 15.1. The third-order valence-corrected chi connectivity index (χ3v) is 6.21. The second-order valence-electron chi connectivity index (χ2n) is 7.73. The number of halogens is 2. The molecule has 2 aromatic rings. The normalized spacial score (nSPS) is 21.8. The third kappa shape index (κ3) is 4.69. The summed E-state index contributed by atoms with van der Waals surface area (Å²) in [4.78, 5) is 13.2. The van der Waals surface area contributed by atoms with E-state index in [1.807, 2.05) is 35.3 Å². The van der Waals surface area contributed by atoms with Gasteiger partial charge in [-0.2, -0.15) is 10.4 Å². The fourth-order valence-corrected chi connectivity index (χ4v) is 4.42. The predicted molar refractivity (Wildman–Crippen MR) is 123 cm³/mol. The van der Waals surface area contributed by atoms with E-state index in [4.69, 9.17) is 23.2 Å². The van der Waals surface area contributed by atoms with Crippen LogP contribution in [-0.2, 0) is 4.79 Å². The smallest absolute Gasteiger partial charge is 0.283 e. The van der Waals surface area contributed by atoms with Gasteiger partial charge < -0.3 is 0 Å². The number of para-hydroxylation sites is 1. The van der Waals surface area contributed by atoms with Crippen molar-refractivity contribution in [2.24, 2.45) is 11.0 Å². The lowest BCUT2D eigenvalue weighted by molar-refractivity contribution is -0.119. The number of benzene rings is 2. The van der Waals surface area contributed by atoms with Gasteiger partial charge in [0.15, 0.2) is 0 Å². The molecular formula is C23H23Cl2N5O. The molecule has 0 radical (unpaired) electrons. The fourth-order valence-electron chi connectivity index (χ4n) is 4.07. The molecule has 6 nitrogen and oxygen atoms in total. The van der Waals surface area contributed by atoms with E-state index in [9.17, 15) is 10.1 Å². The largest absolute Gasteiger partial charge is 0.284 e. The predicted octanol–water partition coefficient (Wildman–Crippen LogP) is 4.96. The average molecular weight is 456 g/mol. The molecular weight excluding hydrogens is 433 g/mol. The number of hydrogen-bond donors (Lipinski definition) is 1. The molecule has 2 aliphatic rings. The number of amides is 1. The van der Waals surface area contributed by atoms with Crippen molar-refractivity contribution in [3.8, 4) is 6.07 Å². The molecule has 31 heavy (non-hydrogen) atoms. The molecule has 2 aromatic carbocycles. The summed E-state index contributed by atoms with van der Waals surface area (Å²) in [6.07, 6.45) is 4.39. The minimum absolute atomic E-state index is 0.187. The van der Waals surface area contributed by atoms with Crippen molar-refractivity contribution < 1.29 is 4.79 Å². The van der Waals surface area contributed by atoms with Gasteiger partial charge in [-0.25, -0.2) is 5.01 Å². The number of nitrogens with zero attached hydrogens (tertiary/aromatic N) is 4. The van der Waals surface area contributed by atoms with E-state index in [2.05, 4.69) is 16.6 Å². The van der Waals surface area contributed by atoms with Crippen molar-refractivity contribution in [2.45, 2.75) is 31.7 Å². The maximum atomic E-state index is 13.2. The van der Waals surface area contributed by atoms with Crippen LogP contribution >= 0.6 is 23.2 Å². The van der Waals surface area contributed by atoms with Gasteiger partial charge in [0.2, 0.25) is 0 Å². The monoisotopic (exact) mass is 455 g/mol. The first-order valence-electron chi connectivity index (χ1n) is 10.4. The number of hydrogen-bond acceptors (Lipinski definition) is 5. The highest BCUT2D eigenvalue weighted by atomic mass is 35.5. The van der Waals surface area contributed by atoms with Gasteiger partial charge in [0.25, 0.3) is 5.91 Å². The SMILES string of the molecule is N#CC1C(C(=O)NN2CCCCCC2)=NN(c2ccccc2Cl)C1c1ccc(Cl)cc1. The van der Waals surface area contributed by atoms with Crippen molar-refractivity contribution in [1.82, 2.24) is 10.4 Å². The summed E-state index contributed by atoms with van der Waals surface area (Å²) in [7, 11) is 0. The van der Waals surface area contributed by atoms with E-state index >= 15 is 0 Å². The summed E-state index contributed by atoms with van der Waals surface area (Å²) in [5.74, 6) is -1.11. The lowest BCUT2D eigenvalue weighted by Gasteiger charge is -2.26. The minimum atomic E-state index is -0.760. The third-order valence-electron chi connectivity index (χ3n) is 5.64. The Morgan fingerprint density at radius 3 is 2.35 bits per heavy atom. The summed E-state index contributed by atoms with van der Waals surface area (Å²) in [6, 6.07) is 16.3. The number of rotatable bonds is 4. The fraction of sp³-hybridized carbons (Fsp3) is 0.348. The Balaban J connectivity index is 1.69. The van der Waals surface area contributed by atoms with Crippen LogP contribution in [0.25, 0.3) is 0 Å². The quantitative estimate of drug-likeness (QED) is 0.706. The molecule has 2 aliphatic heterocycles. The molecule has 0 bridgehead atoms. The highest BCUT2D eigenvalue weighted by molar-refractivity contribution is 6.41. The van der Waals surface area contributed by atoms with Crippen LogP contribution in [0.1, 0.15) is 37.3 Å². The van der Waals surface area contributed by atoms with Gasteiger partial charge in [-0.05, 0) is 42.7 Å². The molecule has 2 unspecified atom stereocenters. The molecule has 8 heteroatoms. The zero-order valence-electron chi connectivity index (χ0n) is 17.0. The molecule has 4 rings (SSSR count). The van der Waals surface area contributed by atoms with E-state index in [0.717, 1.165) is 44.3 Å². The highest BCUT2D eigenvalue weighted by Gasteiger charge is 2.43. The van der Waals surface area contributed by atoms with E-state index in [1.54, 1.807) is 23.2 Å². The maximum absolute atomic E-state index is 13.2. The number of nitriles is 1. The summed E-state index contributed by atoms with van der Waals surface area (Å²) in [6.45, 7) is 1.59. The molecule has 2 atom stereocenters. The van der Waals surface area contributed by atoms with Gasteiger partial charge in [-0.1, -0.05) is 60.3 Å². The van der Waals surface area contributed by atoms with Crippen molar-refractivity contribution in [2.75, 3.05) is 18.1 Å². The Kier molecular flexibility index (Phi) is 6.77. The Morgan fingerprint density at radius 2 is 1.71 bits per heavy atom. The lowest BCUT2D eigenvalue weighted by atomic mass is 9.90. The topological polar surface area (TPSA) is 71.7 Å². The van der Waals surface area contributed by atoms with E-state index in [-0.39, 0.29) is 11.6 Å². The standard InChI is InChI=1S/C23H23Cl2N5O/c24-17-11-9-16(10-12-17)22-18(15-26)21(23(31)28-29-13-5-1-2-6-14-29)27-30(22)20-8-4-3-7-19(20)25/h3-4,7-12,18,22H,1-2,5-6,13-14H2,(H,28,31). The van der Waals surface area contributed by atoms with Gasteiger partial charge in [0.1, 0.15) is 11.6 Å². The van der Waals surface area contributed by atoms with Gasteiger partial charge >= 0.3 is 0 Å². The van der Waals surface area contributed by atoms with Crippen LogP contribution in [-0.4, -0.2) is 29.7 Å². The van der Waals surface area contributed by atoms with Crippen molar-refractivity contribution in [1.29, 1.82) is 5.26 Å². The molecule has 0 aromatic heterocycles. The van der Waals surface area contributed by atoms with Crippen molar-refractivity contribution >= 4 is 40.5 Å². The molecule has 0 aliphatic carbocycles. The summed E-state index contributed by atoms with van der Waals surface area (Å²) < 4.78 is 0. The molecule has 1 fully saturated rings. The van der Waals surface area contributed by atoms with Crippen LogP contribution in [0.2, 0.25) is 10.0 Å². The Labute approximate surface area is 192 Å². The first-order valence-corrected chi connectivity index (χ1v) is 11.2. The lowest BCUT2D eigenvalue weighted by Crippen LogP contribution is -2.46. The Hall–Kier alpha value is -2.59. The molecule has 0 saturated carbocycles. The van der Waals surface area contributed by atoms with Crippen LogP contribution in [0.3, 0.4) is 0 Å². The van der Waals surface area contributed by atoms with E-state index in [1.165, 1.54) is 0 Å². The maximum Gasteiger partial charge on any atom is 0.283 e. The summed E-state index contributed by atoms with van der Waals surface area (Å²) in [5.41, 5.74) is 4.62. The van der Waals surface area contributed by atoms with Crippen LogP contribution in [0.15, 0.2) is 53.6 Å². The van der Waals surface area contributed by atoms with Gasteiger partial charge in [-0.3, -0.25) is 15.2 Å². The van der Waals surface area contributed by atoms with E-state index < -0.39 is 12.0 Å². The van der Waals surface area contributed by atoms with Gasteiger partial charge in [0.05, 0.1) is 22.8 Å². The second-order valence-corrected chi connectivity index (χ2v) is 8.57. The molecule has 1 N–H and O–H groups in total. The number of carbonyl (C=O) groups is 1. The summed E-state index contributed by atoms with van der Waals surface area (Å²) >= 11 is 12.5. The first kappa shape index (κ1) is 21.6. The van der Waals surface area contributed by atoms with Crippen molar-refractivity contribution in [3.05, 3.63) is 64.1 Å². The number of hydrazine groups is 1. The average Bonchev–Trinajstić information content (AvgIpc) is 2.97. The number of anilines is 1. The van der Waals surface area contributed by atoms with Crippen LogP contribution in [0, 0.1) is 17.2 Å². The van der Waals surface area contributed by atoms with E-state index in [0.29, 0.717) is 15.7 Å². The molecule has 160 valence electrons. The van der Waals surface area contributed by atoms with Gasteiger partial charge in [-0.15, -0.1) is 0 Å². The number of carbonyl (C=O) groups excluding carboxylic acids is 1. The van der Waals surface area contributed by atoms with Crippen LogP contribution in [0.5, 0.6) is 0 Å². The van der Waals surface area contributed by atoms with Crippen molar-refractivity contribution in [3.63, 3.8) is 0 Å². The number of hydrazone groups is 1. The second kappa shape index (κ2) is 9.69. The zero-order chi connectivity index (χ0) is 21.8. The van der Waals surface area contributed by atoms with Gasteiger partial charge in [0, 0.05) is 18.1 Å². The Morgan fingerprint density at radius 1 is 1.03 bits per heavy atom. The molecule has 1 amide bonds. The Bertz CT molecular complexity index is 1010. The summed E-state index contributed by atoms with van der Waals surface area (Å²) in [5, 5.41) is 19.4.